The molecule has 2 aromatic carbocycles. The largest absolute Gasteiger partial charge is 0.482 e. The molecule has 1 aliphatic carbocycles. The average molecular weight is 446 g/mol. The topological polar surface area (TPSA) is 96.4 Å². The third kappa shape index (κ3) is 4.19. The first-order chi connectivity index (χ1) is 14.3. The van der Waals surface area contributed by atoms with Gasteiger partial charge in [0.2, 0.25) is 0 Å². The van der Waals surface area contributed by atoms with Crippen molar-refractivity contribution in [2.75, 3.05) is 19.3 Å². The second-order valence-electron chi connectivity index (χ2n) is 8.10. The van der Waals surface area contributed by atoms with Gasteiger partial charge in [-0.15, -0.1) is 0 Å². The first-order valence-electron chi connectivity index (χ1n) is 9.95. The summed E-state index contributed by atoms with van der Waals surface area (Å²) in [7, 11) is -3.34. The summed E-state index contributed by atoms with van der Waals surface area (Å²) < 4.78 is 30.6. The number of nitriles is 1. The molecule has 1 aliphatic heterocycles. The van der Waals surface area contributed by atoms with E-state index in [9.17, 15) is 8.42 Å². The van der Waals surface area contributed by atoms with Crippen LogP contribution in [0.15, 0.2) is 41.3 Å². The van der Waals surface area contributed by atoms with Gasteiger partial charge >= 0.3 is 0 Å². The van der Waals surface area contributed by atoms with Crippen molar-refractivity contribution < 1.29 is 13.2 Å². The number of benzene rings is 2. The molecule has 0 amide bonds. The van der Waals surface area contributed by atoms with E-state index >= 15 is 0 Å². The summed E-state index contributed by atoms with van der Waals surface area (Å²) in [5, 5.41) is 9.44. The number of fused-ring (bicyclic) bond motifs is 1. The van der Waals surface area contributed by atoms with E-state index in [1.54, 1.807) is 30.3 Å². The minimum Gasteiger partial charge on any atom is -0.482 e. The summed E-state index contributed by atoms with van der Waals surface area (Å²) in [6, 6.07) is 12.4. The molecular weight excluding hydrogens is 422 g/mol. The van der Waals surface area contributed by atoms with Crippen LogP contribution in [0.3, 0.4) is 0 Å². The fraction of sp³-hybridized carbons (Fsp3) is 0.409. The maximum absolute atomic E-state index is 12.1. The van der Waals surface area contributed by atoms with Crippen LogP contribution >= 0.6 is 11.6 Å². The number of nitrogens with two attached hydrogens (primary N) is 1. The summed E-state index contributed by atoms with van der Waals surface area (Å²) in [6.07, 6.45) is 3.61. The Bertz CT molecular complexity index is 1110. The Morgan fingerprint density at radius 3 is 2.73 bits per heavy atom. The molecule has 0 aromatic heterocycles. The van der Waals surface area contributed by atoms with Gasteiger partial charge in [0.15, 0.2) is 9.84 Å². The van der Waals surface area contributed by atoms with Gasteiger partial charge in [-0.25, -0.2) is 8.42 Å². The van der Waals surface area contributed by atoms with Crippen LogP contribution in [-0.2, 0) is 16.3 Å². The van der Waals surface area contributed by atoms with Crippen molar-refractivity contribution >= 4 is 21.4 Å². The molecule has 6 nitrogen and oxygen atoms in total. The molecule has 0 radical (unpaired) electrons. The van der Waals surface area contributed by atoms with Gasteiger partial charge in [0.25, 0.3) is 0 Å². The molecule has 2 aliphatic rings. The zero-order valence-corrected chi connectivity index (χ0v) is 18.3. The molecule has 0 bridgehead atoms. The van der Waals surface area contributed by atoms with E-state index < -0.39 is 9.84 Å². The van der Waals surface area contributed by atoms with Gasteiger partial charge in [-0.05, 0) is 67.3 Å². The first-order valence-corrected chi connectivity index (χ1v) is 12.2. The SMILES string of the molecule is CS(=O)(=O)c1ccc2c(c1)C(Oc1ccc(C#N)cc1Cl)[C@H](N1CCC[C@@H](N)C1)C2. The number of hydrogen-bond acceptors (Lipinski definition) is 6. The minimum absolute atomic E-state index is 0.0351. The number of nitrogens with zero attached hydrogens (tertiary/aromatic N) is 2. The van der Waals surface area contributed by atoms with Crippen LogP contribution in [0.5, 0.6) is 5.75 Å². The maximum atomic E-state index is 12.1. The van der Waals surface area contributed by atoms with E-state index in [1.165, 1.54) is 6.26 Å². The van der Waals surface area contributed by atoms with Crippen LogP contribution in [0.2, 0.25) is 5.02 Å². The summed E-state index contributed by atoms with van der Waals surface area (Å²) in [4.78, 5) is 2.62. The molecule has 1 unspecified atom stereocenters. The standard InChI is InChI=1S/C22H24ClN3O3S/c1-30(27,28)17-6-5-15-10-20(26-8-2-3-16(25)13-26)22(18(15)11-17)29-21-7-4-14(12-24)9-19(21)23/h4-7,9,11,16,20,22H,2-3,8,10,13,25H2,1H3/t16-,20-,22?/m1/s1. The highest BCUT2D eigenvalue weighted by Crippen LogP contribution is 2.41. The molecule has 1 fully saturated rings. The van der Waals surface area contributed by atoms with Gasteiger partial charge in [0.05, 0.1) is 27.6 Å². The second-order valence-corrected chi connectivity index (χ2v) is 10.5. The molecule has 4 rings (SSSR count). The van der Waals surface area contributed by atoms with Gasteiger partial charge in [-0.1, -0.05) is 17.7 Å². The second kappa shape index (κ2) is 8.20. The van der Waals surface area contributed by atoms with E-state index in [-0.39, 0.29) is 23.1 Å². The van der Waals surface area contributed by atoms with Crippen LogP contribution < -0.4 is 10.5 Å². The molecule has 2 aromatic rings. The van der Waals surface area contributed by atoms with Crippen molar-refractivity contribution in [1.29, 1.82) is 5.26 Å². The Balaban J connectivity index is 1.73. The summed E-state index contributed by atoms with van der Waals surface area (Å²) >= 11 is 6.37. The summed E-state index contributed by atoms with van der Waals surface area (Å²) in [5.74, 6) is 0.476. The number of halogens is 1. The predicted molar refractivity (Wildman–Crippen MR) is 115 cm³/mol. The van der Waals surface area contributed by atoms with Crippen LogP contribution in [0, 0.1) is 11.3 Å². The molecule has 0 spiro atoms. The fourth-order valence-corrected chi connectivity index (χ4v) is 5.28. The van der Waals surface area contributed by atoms with Crippen molar-refractivity contribution in [2.45, 2.75) is 42.3 Å². The van der Waals surface area contributed by atoms with Gasteiger partial charge < -0.3 is 10.5 Å². The Hall–Kier alpha value is -2.11. The lowest BCUT2D eigenvalue weighted by Gasteiger charge is -2.38. The summed E-state index contributed by atoms with van der Waals surface area (Å²) in [5.41, 5.74) is 8.61. The predicted octanol–water partition coefficient (Wildman–Crippen LogP) is 3.08. The van der Waals surface area contributed by atoms with Gasteiger partial charge in [-0.2, -0.15) is 5.26 Å². The van der Waals surface area contributed by atoms with E-state index in [0.29, 0.717) is 16.3 Å². The average Bonchev–Trinajstić information content (AvgIpc) is 3.06. The van der Waals surface area contributed by atoms with Crippen LogP contribution in [-0.4, -0.2) is 44.7 Å². The van der Waals surface area contributed by atoms with Crippen molar-refractivity contribution in [3.8, 4) is 11.8 Å². The zero-order chi connectivity index (χ0) is 21.5. The number of piperidine rings is 1. The molecule has 158 valence electrons. The fourth-order valence-electron chi connectivity index (χ4n) is 4.40. The molecule has 0 saturated carbocycles. The van der Waals surface area contributed by atoms with Crippen molar-refractivity contribution in [1.82, 2.24) is 4.90 Å². The zero-order valence-electron chi connectivity index (χ0n) is 16.7. The summed E-state index contributed by atoms with van der Waals surface area (Å²) in [6.45, 7) is 1.70. The molecule has 1 heterocycles. The monoisotopic (exact) mass is 445 g/mol. The van der Waals surface area contributed by atoms with Gasteiger partial charge in [-0.3, -0.25) is 4.90 Å². The number of ether oxygens (including phenoxy) is 1. The number of likely N-dealkylation sites (tertiary alicyclic amines) is 1. The number of hydrogen-bond donors (Lipinski definition) is 1. The maximum Gasteiger partial charge on any atom is 0.175 e. The van der Waals surface area contributed by atoms with E-state index in [2.05, 4.69) is 11.0 Å². The van der Waals surface area contributed by atoms with Gasteiger partial charge in [0.1, 0.15) is 11.9 Å². The highest BCUT2D eigenvalue weighted by atomic mass is 35.5. The van der Waals surface area contributed by atoms with E-state index in [0.717, 1.165) is 43.5 Å². The molecule has 3 atom stereocenters. The van der Waals surface area contributed by atoms with Crippen LogP contribution in [0.1, 0.15) is 35.6 Å². The lowest BCUT2D eigenvalue weighted by atomic mass is 10.0. The van der Waals surface area contributed by atoms with Gasteiger partial charge in [0, 0.05) is 18.8 Å². The Morgan fingerprint density at radius 1 is 1.27 bits per heavy atom. The molecule has 1 saturated heterocycles. The van der Waals surface area contributed by atoms with Crippen molar-refractivity contribution in [3.63, 3.8) is 0 Å². The van der Waals surface area contributed by atoms with Crippen molar-refractivity contribution in [3.05, 3.63) is 58.1 Å². The normalized spacial score (nSPS) is 24.3. The lowest BCUT2D eigenvalue weighted by Crippen LogP contribution is -2.49. The Morgan fingerprint density at radius 2 is 2.07 bits per heavy atom. The van der Waals surface area contributed by atoms with Crippen molar-refractivity contribution in [2.24, 2.45) is 5.73 Å². The lowest BCUT2D eigenvalue weighted by molar-refractivity contribution is 0.0593. The smallest absolute Gasteiger partial charge is 0.175 e. The third-order valence-corrected chi connectivity index (χ3v) is 7.31. The third-order valence-electron chi connectivity index (χ3n) is 5.90. The number of rotatable bonds is 4. The van der Waals surface area contributed by atoms with E-state index in [1.807, 2.05) is 6.07 Å². The Kier molecular flexibility index (Phi) is 5.78. The quantitative estimate of drug-likeness (QED) is 0.776. The number of sulfone groups is 1. The minimum atomic E-state index is -3.34. The van der Waals surface area contributed by atoms with Crippen LogP contribution in [0.25, 0.3) is 0 Å². The first kappa shape index (κ1) is 21.1. The highest BCUT2D eigenvalue weighted by Gasteiger charge is 2.40. The highest BCUT2D eigenvalue weighted by molar-refractivity contribution is 7.90. The Labute approximate surface area is 182 Å². The van der Waals surface area contributed by atoms with E-state index in [4.69, 9.17) is 27.3 Å². The van der Waals surface area contributed by atoms with Crippen LogP contribution in [0.4, 0.5) is 0 Å². The molecule has 8 heteroatoms. The molecule has 30 heavy (non-hydrogen) atoms. The molecular formula is C22H24ClN3O3S. The molecule has 2 N–H and O–H groups in total.